The fourth-order valence-electron chi connectivity index (χ4n) is 1.47. The molecule has 0 aliphatic heterocycles. The van der Waals surface area contributed by atoms with Crippen LogP contribution in [0.15, 0.2) is 18.2 Å². The summed E-state index contributed by atoms with van der Waals surface area (Å²) in [6.45, 7) is 1.82. The minimum Gasteiger partial charge on any atom is -0.294 e. The fourth-order valence-corrected chi connectivity index (χ4v) is 1.47. The van der Waals surface area contributed by atoms with E-state index in [0.29, 0.717) is 31.0 Å². The van der Waals surface area contributed by atoms with E-state index in [2.05, 4.69) is 0 Å². The summed E-state index contributed by atoms with van der Waals surface area (Å²) in [5, 5.41) is 0. The Kier molecular flexibility index (Phi) is 4.26. The fraction of sp³-hybridized carbons (Fsp3) is 0.417. The minimum absolute atomic E-state index is 0.00301. The van der Waals surface area contributed by atoms with E-state index in [4.69, 9.17) is 0 Å². The quantitative estimate of drug-likeness (QED) is 0.576. The van der Waals surface area contributed by atoms with Crippen LogP contribution in [0.2, 0.25) is 0 Å². The first-order valence-electron chi connectivity index (χ1n) is 5.26. The molecular weight excluding hydrogens is 236 g/mol. The van der Waals surface area contributed by atoms with E-state index in [-0.39, 0.29) is 6.42 Å². The molecule has 0 aliphatic rings. The lowest BCUT2D eigenvalue weighted by atomic mass is 9.99. The topological polar surface area (TPSA) is 17.1 Å². The van der Waals surface area contributed by atoms with Gasteiger partial charge in [-0.2, -0.15) is 13.2 Å². The number of hydrogen-bond donors (Lipinski definition) is 0. The van der Waals surface area contributed by atoms with Crippen molar-refractivity contribution in [1.29, 1.82) is 0 Å². The summed E-state index contributed by atoms with van der Waals surface area (Å²) in [7, 11) is 0. The van der Waals surface area contributed by atoms with Gasteiger partial charge in [0.1, 0.15) is 5.82 Å². The average Bonchev–Trinajstić information content (AvgIpc) is 2.24. The van der Waals surface area contributed by atoms with Crippen LogP contribution in [0.4, 0.5) is 17.6 Å². The van der Waals surface area contributed by atoms with E-state index < -0.39 is 28.9 Å². The van der Waals surface area contributed by atoms with Crippen LogP contribution in [0, 0.1) is 5.82 Å². The van der Waals surface area contributed by atoms with Crippen LogP contribution in [0.5, 0.6) is 0 Å². The molecule has 0 unspecified atom stereocenters. The summed E-state index contributed by atoms with van der Waals surface area (Å²) in [6.07, 6.45) is -3.44. The number of ketones is 1. The van der Waals surface area contributed by atoms with Crippen molar-refractivity contribution >= 4 is 5.78 Å². The molecule has 0 bridgehead atoms. The third-order valence-electron chi connectivity index (χ3n) is 2.34. The molecule has 5 heteroatoms. The largest absolute Gasteiger partial charge is 0.417 e. The molecular formula is C12H12F4O. The predicted molar refractivity (Wildman–Crippen MR) is 55.3 cm³/mol. The highest BCUT2D eigenvalue weighted by Gasteiger charge is 2.35. The Balaban J connectivity index is 3.11. The number of carbonyl (C=O) groups is 1. The van der Waals surface area contributed by atoms with E-state index in [0.717, 1.165) is 0 Å². The van der Waals surface area contributed by atoms with Gasteiger partial charge in [-0.3, -0.25) is 4.79 Å². The van der Waals surface area contributed by atoms with Crippen LogP contribution in [0.25, 0.3) is 0 Å². The first kappa shape index (κ1) is 13.7. The summed E-state index contributed by atoms with van der Waals surface area (Å²) < 4.78 is 50.7. The first-order chi connectivity index (χ1) is 7.86. The summed E-state index contributed by atoms with van der Waals surface area (Å²) in [5.74, 6) is -1.50. The van der Waals surface area contributed by atoms with Gasteiger partial charge in [-0.05, 0) is 24.6 Å². The van der Waals surface area contributed by atoms with E-state index in [1.54, 1.807) is 0 Å². The molecule has 94 valence electrons. The zero-order valence-electron chi connectivity index (χ0n) is 9.27. The van der Waals surface area contributed by atoms with Gasteiger partial charge in [0.2, 0.25) is 0 Å². The summed E-state index contributed by atoms with van der Waals surface area (Å²) >= 11 is 0. The van der Waals surface area contributed by atoms with Crippen molar-refractivity contribution in [3.8, 4) is 0 Å². The summed E-state index contributed by atoms with van der Waals surface area (Å²) in [6, 6.07) is 1.97. The molecule has 0 saturated heterocycles. The van der Waals surface area contributed by atoms with E-state index >= 15 is 0 Å². The van der Waals surface area contributed by atoms with Crippen molar-refractivity contribution in [2.24, 2.45) is 0 Å². The number of benzene rings is 1. The van der Waals surface area contributed by atoms with E-state index in [9.17, 15) is 22.4 Å². The van der Waals surface area contributed by atoms with E-state index in [1.165, 1.54) is 0 Å². The SMILES string of the molecule is CCCCC(=O)c1cc(F)ccc1C(F)(F)F. The zero-order valence-corrected chi connectivity index (χ0v) is 9.27. The number of carbonyl (C=O) groups excluding carboxylic acids is 1. The maximum absolute atomic E-state index is 12.9. The van der Waals surface area contributed by atoms with Crippen molar-refractivity contribution in [2.45, 2.75) is 32.4 Å². The smallest absolute Gasteiger partial charge is 0.294 e. The second kappa shape index (κ2) is 5.29. The van der Waals surface area contributed by atoms with Crippen molar-refractivity contribution < 1.29 is 22.4 Å². The standard InChI is InChI=1S/C12H12F4O/c1-2-3-4-11(17)9-7-8(13)5-6-10(9)12(14,15)16/h5-7H,2-4H2,1H3. The maximum atomic E-state index is 12.9. The third kappa shape index (κ3) is 3.54. The molecule has 1 aromatic rings. The molecule has 0 saturated carbocycles. The van der Waals surface area contributed by atoms with Crippen molar-refractivity contribution in [2.75, 3.05) is 0 Å². The molecule has 0 aromatic heterocycles. The predicted octanol–water partition coefficient (Wildman–Crippen LogP) is 4.22. The Morgan fingerprint density at radius 2 is 1.94 bits per heavy atom. The second-order valence-electron chi connectivity index (χ2n) is 3.71. The van der Waals surface area contributed by atoms with Gasteiger partial charge >= 0.3 is 6.18 Å². The molecule has 0 fully saturated rings. The number of halogens is 4. The van der Waals surface area contributed by atoms with Crippen molar-refractivity contribution in [3.63, 3.8) is 0 Å². The number of alkyl halides is 3. The molecule has 1 rings (SSSR count). The Bertz CT molecular complexity index is 409. The van der Waals surface area contributed by atoms with E-state index in [1.807, 2.05) is 6.92 Å². The van der Waals surface area contributed by atoms with Crippen LogP contribution in [0.3, 0.4) is 0 Å². The Morgan fingerprint density at radius 1 is 1.29 bits per heavy atom. The molecule has 0 atom stereocenters. The monoisotopic (exact) mass is 248 g/mol. The summed E-state index contributed by atoms with van der Waals surface area (Å²) in [5.41, 5.74) is -1.65. The lowest BCUT2D eigenvalue weighted by Crippen LogP contribution is -2.13. The van der Waals surface area contributed by atoms with Crippen LogP contribution in [0.1, 0.15) is 42.1 Å². The molecule has 17 heavy (non-hydrogen) atoms. The maximum Gasteiger partial charge on any atom is 0.417 e. The molecule has 1 nitrogen and oxygen atoms in total. The molecule has 0 radical (unpaired) electrons. The lowest BCUT2D eigenvalue weighted by molar-refractivity contribution is -0.137. The van der Waals surface area contributed by atoms with Crippen LogP contribution >= 0.6 is 0 Å². The summed E-state index contributed by atoms with van der Waals surface area (Å²) in [4.78, 5) is 11.6. The molecule has 0 heterocycles. The van der Waals surface area contributed by atoms with Gasteiger partial charge < -0.3 is 0 Å². The average molecular weight is 248 g/mol. The number of unbranched alkanes of at least 4 members (excludes halogenated alkanes) is 1. The van der Waals surface area contributed by atoms with Gasteiger partial charge in [0, 0.05) is 12.0 Å². The Morgan fingerprint density at radius 3 is 2.47 bits per heavy atom. The first-order valence-corrected chi connectivity index (χ1v) is 5.26. The minimum atomic E-state index is -4.63. The molecule has 1 aromatic carbocycles. The third-order valence-corrected chi connectivity index (χ3v) is 2.34. The Labute approximate surface area is 96.4 Å². The molecule has 0 spiro atoms. The van der Waals surface area contributed by atoms with Crippen LogP contribution < -0.4 is 0 Å². The molecule has 0 amide bonds. The number of Topliss-reactive ketones (excluding diaryl/α,β-unsaturated/α-hetero) is 1. The number of rotatable bonds is 4. The van der Waals surface area contributed by atoms with Crippen LogP contribution in [-0.4, -0.2) is 5.78 Å². The zero-order chi connectivity index (χ0) is 13.1. The van der Waals surface area contributed by atoms with Gasteiger partial charge in [-0.1, -0.05) is 13.3 Å². The Hall–Kier alpha value is -1.39. The highest BCUT2D eigenvalue weighted by Crippen LogP contribution is 2.33. The van der Waals surface area contributed by atoms with Gasteiger partial charge in [-0.15, -0.1) is 0 Å². The lowest BCUT2D eigenvalue weighted by Gasteiger charge is -2.11. The van der Waals surface area contributed by atoms with Crippen molar-refractivity contribution in [3.05, 3.63) is 35.1 Å². The second-order valence-corrected chi connectivity index (χ2v) is 3.71. The normalized spacial score (nSPS) is 11.6. The highest BCUT2D eigenvalue weighted by atomic mass is 19.4. The highest BCUT2D eigenvalue weighted by molar-refractivity contribution is 5.97. The molecule has 0 N–H and O–H groups in total. The van der Waals surface area contributed by atoms with Gasteiger partial charge in [0.15, 0.2) is 5.78 Å². The van der Waals surface area contributed by atoms with Gasteiger partial charge in [-0.25, -0.2) is 4.39 Å². The van der Waals surface area contributed by atoms with Crippen LogP contribution in [-0.2, 0) is 6.18 Å². The van der Waals surface area contributed by atoms with Crippen molar-refractivity contribution in [1.82, 2.24) is 0 Å². The molecule has 0 aliphatic carbocycles. The number of hydrogen-bond acceptors (Lipinski definition) is 1. The van der Waals surface area contributed by atoms with Gasteiger partial charge in [0.05, 0.1) is 5.56 Å². The van der Waals surface area contributed by atoms with Gasteiger partial charge in [0.25, 0.3) is 0 Å².